The predicted molar refractivity (Wildman–Crippen MR) is 73.0 cm³/mol. The van der Waals surface area contributed by atoms with E-state index in [2.05, 4.69) is 4.98 Å². The van der Waals surface area contributed by atoms with Crippen molar-refractivity contribution in [3.05, 3.63) is 40.3 Å². The number of benzene rings is 1. The second kappa shape index (κ2) is 6.19. The normalized spacial score (nSPS) is 10.2. The zero-order chi connectivity index (χ0) is 13.7. The Morgan fingerprint density at radius 3 is 2.74 bits per heavy atom. The Morgan fingerprint density at radius 2 is 2.11 bits per heavy atom. The molecule has 1 aromatic carbocycles. The smallest absolute Gasteiger partial charge is 0.344 e. The molecule has 2 aromatic rings. The van der Waals surface area contributed by atoms with Crippen LogP contribution >= 0.6 is 11.3 Å². The van der Waals surface area contributed by atoms with Gasteiger partial charge in [-0.25, -0.2) is 9.78 Å². The lowest BCUT2D eigenvalue weighted by Gasteiger charge is -2.06. The van der Waals surface area contributed by atoms with Crippen molar-refractivity contribution in [2.24, 2.45) is 0 Å². The maximum absolute atomic E-state index is 11.5. The molecule has 2 N–H and O–H groups in total. The standard InChI is InChI=1S/C13H14N2O3S/c1-9-8-19-12(15-9)6-18-13(16)7-17-11-4-2-10(14)3-5-11/h2-5,8H,6-7,14H2,1H3. The van der Waals surface area contributed by atoms with E-state index in [1.165, 1.54) is 11.3 Å². The number of nitrogens with zero attached hydrogens (tertiary/aromatic N) is 1. The van der Waals surface area contributed by atoms with Crippen LogP contribution in [-0.4, -0.2) is 17.6 Å². The molecule has 0 atom stereocenters. The average molecular weight is 278 g/mol. The summed E-state index contributed by atoms with van der Waals surface area (Å²) in [6, 6.07) is 6.82. The Hall–Kier alpha value is -2.08. The van der Waals surface area contributed by atoms with Crippen LogP contribution in [0.4, 0.5) is 5.69 Å². The van der Waals surface area contributed by atoms with E-state index in [0.717, 1.165) is 10.7 Å². The van der Waals surface area contributed by atoms with Crippen LogP contribution in [0.15, 0.2) is 29.6 Å². The highest BCUT2D eigenvalue weighted by atomic mass is 32.1. The molecule has 0 saturated heterocycles. The number of nitrogens with two attached hydrogens (primary N) is 1. The quantitative estimate of drug-likeness (QED) is 0.670. The van der Waals surface area contributed by atoms with Crippen molar-refractivity contribution in [1.29, 1.82) is 0 Å². The van der Waals surface area contributed by atoms with Crippen LogP contribution in [0.2, 0.25) is 0 Å². The van der Waals surface area contributed by atoms with Gasteiger partial charge in [-0.3, -0.25) is 0 Å². The van der Waals surface area contributed by atoms with Gasteiger partial charge in [0.05, 0.1) is 0 Å². The molecule has 0 aliphatic carbocycles. The Kier molecular flexibility index (Phi) is 4.35. The Morgan fingerprint density at radius 1 is 1.37 bits per heavy atom. The second-order valence-corrected chi connectivity index (χ2v) is 4.84. The SMILES string of the molecule is Cc1csc(COC(=O)COc2ccc(N)cc2)n1. The molecule has 0 spiro atoms. The largest absolute Gasteiger partial charge is 0.482 e. The Bertz CT molecular complexity index is 551. The summed E-state index contributed by atoms with van der Waals surface area (Å²) in [5, 5.41) is 2.69. The highest BCUT2D eigenvalue weighted by Gasteiger charge is 2.06. The maximum atomic E-state index is 11.5. The molecule has 5 nitrogen and oxygen atoms in total. The van der Waals surface area contributed by atoms with Crippen molar-refractivity contribution in [3.63, 3.8) is 0 Å². The molecule has 0 aliphatic heterocycles. The molecule has 0 aliphatic rings. The molecule has 1 aromatic heterocycles. The third kappa shape index (κ3) is 4.26. The van der Waals surface area contributed by atoms with Gasteiger partial charge in [0.15, 0.2) is 6.61 Å². The molecule has 19 heavy (non-hydrogen) atoms. The number of aryl methyl sites for hydroxylation is 1. The molecule has 0 fully saturated rings. The van der Waals surface area contributed by atoms with Crippen molar-refractivity contribution >= 4 is 23.0 Å². The van der Waals surface area contributed by atoms with E-state index in [1.54, 1.807) is 24.3 Å². The summed E-state index contributed by atoms with van der Waals surface area (Å²) in [5.74, 6) is 0.154. The Balaban J connectivity index is 1.74. The van der Waals surface area contributed by atoms with Gasteiger partial charge in [0.1, 0.15) is 17.4 Å². The van der Waals surface area contributed by atoms with Crippen LogP contribution in [0.25, 0.3) is 0 Å². The lowest BCUT2D eigenvalue weighted by Crippen LogP contribution is -2.14. The number of esters is 1. The highest BCUT2D eigenvalue weighted by molar-refractivity contribution is 7.09. The first-order chi connectivity index (χ1) is 9.13. The fourth-order valence-electron chi connectivity index (χ4n) is 1.36. The Labute approximate surface area is 115 Å². The van der Waals surface area contributed by atoms with Crippen molar-refractivity contribution in [2.45, 2.75) is 13.5 Å². The average Bonchev–Trinajstić information content (AvgIpc) is 2.81. The number of carbonyl (C=O) groups excluding carboxylic acids is 1. The zero-order valence-electron chi connectivity index (χ0n) is 10.5. The predicted octanol–water partition coefficient (Wildman–Crippen LogP) is 2.16. The van der Waals surface area contributed by atoms with E-state index in [4.69, 9.17) is 15.2 Å². The van der Waals surface area contributed by atoms with E-state index in [1.807, 2.05) is 12.3 Å². The van der Waals surface area contributed by atoms with Crippen LogP contribution in [0.5, 0.6) is 5.75 Å². The molecule has 0 amide bonds. The van der Waals surface area contributed by atoms with Gasteiger partial charge < -0.3 is 15.2 Å². The minimum Gasteiger partial charge on any atom is -0.482 e. The van der Waals surface area contributed by atoms with Gasteiger partial charge in [-0.2, -0.15) is 0 Å². The number of hydrogen-bond donors (Lipinski definition) is 1. The van der Waals surface area contributed by atoms with Crippen molar-refractivity contribution in [3.8, 4) is 5.75 Å². The minimum absolute atomic E-state index is 0.131. The third-order valence-electron chi connectivity index (χ3n) is 2.26. The molecular formula is C13H14N2O3S. The van der Waals surface area contributed by atoms with Crippen molar-refractivity contribution in [1.82, 2.24) is 4.98 Å². The molecule has 0 saturated carbocycles. The van der Waals surface area contributed by atoms with Gasteiger partial charge in [-0.05, 0) is 31.2 Å². The summed E-state index contributed by atoms with van der Waals surface area (Å²) in [5.41, 5.74) is 7.12. The van der Waals surface area contributed by atoms with Crippen molar-refractivity contribution in [2.75, 3.05) is 12.3 Å². The zero-order valence-corrected chi connectivity index (χ0v) is 11.3. The van der Waals surface area contributed by atoms with Gasteiger partial charge in [0.2, 0.25) is 0 Å². The molecule has 0 unspecified atom stereocenters. The molecule has 0 radical (unpaired) electrons. The van der Waals surface area contributed by atoms with Crippen LogP contribution < -0.4 is 10.5 Å². The lowest BCUT2D eigenvalue weighted by atomic mass is 10.3. The van der Waals surface area contributed by atoms with Crippen LogP contribution in [0.3, 0.4) is 0 Å². The van der Waals surface area contributed by atoms with Crippen LogP contribution in [0, 0.1) is 6.92 Å². The highest BCUT2D eigenvalue weighted by Crippen LogP contribution is 2.13. The number of anilines is 1. The first-order valence-electron chi connectivity index (χ1n) is 5.68. The first-order valence-corrected chi connectivity index (χ1v) is 6.56. The van der Waals surface area contributed by atoms with E-state index >= 15 is 0 Å². The van der Waals surface area contributed by atoms with Gasteiger partial charge in [0, 0.05) is 16.8 Å². The summed E-state index contributed by atoms with van der Waals surface area (Å²) >= 11 is 1.46. The summed E-state index contributed by atoms with van der Waals surface area (Å²) in [6.07, 6.45) is 0. The fourth-order valence-corrected chi connectivity index (χ4v) is 2.04. The molecule has 0 bridgehead atoms. The monoisotopic (exact) mass is 278 g/mol. The topological polar surface area (TPSA) is 74.4 Å². The number of carbonyl (C=O) groups is 1. The number of nitrogen functional groups attached to an aromatic ring is 1. The summed E-state index contributed by atoms with van der Waals surface area (Å²) in [4.78, 5) is 15.7. The number of ether oxygens (including phenoxy) is 2. The van der Waals surface area contributed by atoms with Gasteiger partial charge >= 0.3 is 5.97 Å². The van der Waals surface area contributed by atoms with Gasteiger partial charge in [-0.15, -0.1) is 11.3 Å². The van der Waals surface area contributed by atoms with Gasteiger partial charge in [0.25, 0.3) is 0 Å². The fraction of sp³-hybridized carbons (Fsp3) is 0.231. The number of hydrogen-bond acceptors (Lipinski definition) is 6. The molecule has 6 heteroatoms. The summed E-state index contributed by atoms with van der Waals surface area (Å²) in [7, 11) is 0. The molecule has 100 valence electrons. The lowest BCUT2D eigenvalue weighted by molar-refractivity contribution is -0.147. The molecule has 2 rings (SSSR count). The molecular weight excluding hydrogens is 264 g/mol. The van der Waals surface area contributed by atoms with E-state index in [0.29, 0.717) is 11.4 Å². The number of aromatic nitrogens is 1. The number of thiazole rings is 1. The van der Waals surface area contributed by atoms with Crippen LogP contribution in [0.1, 0.15) is 10.7 Å². The number of rotatable bonds is 5. The van der Waals surface area contributed by atoms with E-state index in [-0.39, 0.29) is 13.2 Å². The summed E-state index contributed by atoms with van der Waals surface area (Å²) < 4.78 is 10.3. The van der Waals surface area contributed by atoms with Crippen LogP contribution in [-0.2, 0) is 16.1 Å². The maximum Gasteiger partial charge on any atom is 0.344 e. The first kappa shape index (κ1) is 13.4. The minimum atomic E-state index is -0.426. The van der Waals surface area contributed by atoms with Gasteiger partial charge in [-0.1, -0.05) is 0 Å². The summed E-state index contributed by atoms with van der Waals surface area (Å²) in [6.45, 7) is 1.95. The third-order valence-corrected chi connectivity index (χ3v) is 3.20. The van der Waals surface area contributed by atoms with E-state index < -0.39 is 5.97 Å². The molecule has 1 heterocycles. The van der Waals surface area contributed by atoms with E-state index in [9.17, 15) is 4.79 Å². The second-order valence-electron chi connectivity index (χ2n) is 3.90. The van der Waals surface area contributed by atoms with Crippen molar-refractivity contribution < 1.29 is 14.3 Å².